The fourth-order valence-corrected chi connectivity index (χ4v) is 3.04. The van der Waals surface area contributed by atoms with Crippen molar-refractivity contribution in [2.45, 2.75) is 30.1 Å². The summed E-state index contributed by atoms with van der Waals surface area (Å²) in [5, 5.41) is 16.0. The van der Waals surface area contributed by atoms with E-state index in [-0.39, 0.29) is 23.4 Å². The molecule has 2 saturated heterocycles. The van der Waals surface area contributed by atoms with E-state index in [1.54, 1.807) is 16.7 Å². The molecule has 0 aromatic rings. The highest BCUT2D eigenvalue weighted by molar-refractivity contribution is 8.00. The lowest BCUT2D eigenvalue weighted by Gasteiger charge is -2.17. The van der Waals surface area contributed by atoms with Crippen LogP contribution < -0.4 is 5.73 Å². The minimum absolute atomic E-state index is 0.0587. The molecule has 2 fully saturated rings. The van der Waals surface area contributed by atoms with Crippen LogP contribution in [0.2, 0.25) is 0 Å². The van der Waals surface area contributed by atoms with Gasteiger partial charge in [0.25, 0.3) is 0 Å². The summed E-state index contributed by atoms with van der Waals surface area (Å²) in [5.74, 6) is -2.08. The van der Waals surface area contributed by atoms with Crippen molar-refractivity contribution in [1.29, 1.82) is 5.26 Å². The number of alkyl halides is 3. The van der Waals surface area contributed by atoms with Crippen molar-refractivity contribution in [3.05, 3.63) is 0 Å². The van der Waals surface area contributed by atoms with Crippen LogP contribution in [0.3, 0.4) is 0 Å². The Morgan fingerprint density at radius 1 is 1.58 bits per heavy atom. The van der Waals surface area contributed by atoms with Crippen LogP contribution in [-0.4, -0.2) is 51.3 Å². The molecule has 3 atom stereocenters. The Bertz CT molecular complexity index is 423. The van der Waals surface area contributed by atoms with Gasteiger partial charge in [0.05, 0.1) is 17.5 Å². The third kappa shape index (κ3) is 3.51. The minimum Gasteiger partial charge on any atom is -0.475 e. The van der Waals surface area contributed by atoms with E-state index in [0.29, 0.717) is 6.42 Å². The number of aliphatic carboxylic acids is 1. The smallest absolute Gasteiger partial charge is 0.475 e. The molecule has 2 aliphatic rings. The molecule has 0 aromatic carbocycles. The Morgan fingerprint density at radius 3 is 2.53 bits per heavy atom. The zero-order valence-corrected chi connectivity index (χ0v) is 10.2. The van der Waals surface area contributed by atoms with E-state index in [4.69, 9.17) is 20.9 Å². The number of thioether (sulfide) groups is 1. The molecule has 0 aliphatic carbocycles. The van der Waals surface area contributed by atoms with E-state index in [9.17, 15) is 18.0 Å². The number of nitriles is 1. The minimum atomic E-state index is -5.08. The first kappa shape index (κ1) is 15.6. The molecule has 0 saturated carbocycles. The Balaban J connectivity index is 0.000000224. The van der Waals surface area contributed by atoms with E-state index in [1.165, 1.54) is 0 Å². The Morgan fingerprint density at radius 2 is 2.11 bits per heavy atom. The number of hydrogen-bond acceptors (Lipinski definition) is 5. The third-order valence-corrected chi connectivity index (χ3v) is 3.82. The second-order valence-electron chi connectivity index (χ2n) is 3.82. The maximum atomic E-state index is 11.4. The van der Waals surface area contributed by atoms with Crippen molar-refractivity contribution in [3.63, 3.8) is 0 Å². The molecular weight excluding hydrogens is 287 g/mol. The summed E-state index contributed by atoms with van der Waals surface area (Å²) in [6, 6.07) is 1.49. The average molecular weight is 297 g/mol. The summed E-state index contributed by atoms with van der Waals surface area (Å²) in [7, 11) is 0. The number of fused-ring (bicyclic) bond motifs is 1. The number of nitrogens with two attached hydrogens (primary N) is 1. The summed E-state index contributed by atoms with van der Waals surface area (Å²) in [6.07, 6.45) is -4.39. The number of carbonyl (C=O) groups excluding carboxylic acids is 1. The number of carbonyl (C=O) groups is 2. The molecule has 0 radical (unpaired) electrons. The van der Waals surface area contributed by atoms with Crippen molar-refractivity contribution >= 4 is 23.6 Å². The first-order valence-electron chi connectivity index (χ1n) is 5.07. The molecule has 1 amide bonds. The fraction of sp³-hybridized carbons (Fsp3) is 0.667. The van der Waals surface area contributed by atoms with E-state index < -0.39 is 12.1 Å². The van der Waals surface area contributed by atoms with E-state index in [0.717, 1.165) is 5.75 Å². The number of rotatable bonds is 0. The van der Waals surface area contributed by atoms with E-state index in [1.807, 2.05) is 0 Å². The SMILES string of the molecule is N#C[C@@H]1CS[C@@H]2C[C@@H](N)C(=O)N12.O=C(O)C(F)(F)F. The second kappa shape index (κ2) is 5.66. The summed E-state index contributed by atoms with van der Waals surface area (Å²) in [6.45, 7) is 0. The molecular formula is C9H10F3N3O3S. The highest BCUT2D eigenvalue weighted by Gasteiger charge is 2.46. The topological polar surface area (TPSA) is 107 Å². The summed E-state index contributed by atoms with van der Waals surface area (Å²) in [4.78, 5) is 21.9. The van der Waals surface area contributed by atoms with Gasteiger partial charge in [0, 0.05) is 12.2 Å². The van der Waals surface area contributed by atoms with Crippen molar-refractivity contribution in [3.8, 4) is 6.07 Å². The van der Waals surface area contributed by atoms with Gasteiger partial charge in [0.1, 0.15) is 6.04 Å². The van der Waals surface area contributed by atoms with Gasteiger partial charge >= 0.3 is 12.1 Å². The maximum Gasteiger partial charge on any atom is 0.490 e. The Kier molecular flexibility index (Phi) is 4.65. The van der Waals surface area contributed by atoms with Crippen LogP contribution >= 0.6 is 11.8 Å². The van der Waals surface area contributed by atoms with Gasteiger partial charge in [-0.2, -0.15) is 18.4 Å². The van der Waals surface area contributed by atoms with Crippen molar-refractivity contribution in [2.75, 3.05) is 5.75 Å². The first-order chi connectivity index (χ1) is 8.68. The Hall–Kier alpha value is -1.47. The van der Waals surface area contributed by atoms with Crippen LogP contribution in [0.5, 0.6) is 0 Å². The molecule has 2 heterocycles. The maximum absolute atomic E-state index is 11.4. The Labute approximate surface area is 110 Å². The van der Waals surface area contributed by atoms with Crippen molar-refractivity contribution < 1.29 is 27.9 Å². The molecule has 0 spiro atoms. The molecule has 10 heteroatoms. The second-order valence-corrected chi connectivity index (χ2v) is 5.03. The molecule has 0 bridgehead atoms. The molecule has 6 nitrogen and oxygen atoms in total. The zero-order valence-electron chi connectivity index (χ0n) is 9.42. The van der Waals surface area contributed by atoms with Gasteiger partial charge in [-0.15, -0.1) is 11.8 Å². The number of carboxylic acid groups (broad SMARTS) is 1. The number of hydrogen-bond donors (Lipinski definition) is 2. The standard InChI is InChI=1S/C7H9N3OS.C2HF3O2/c8-2-4-3-12-6-1-5(9)7(11)10(4)6;3-2(4,5)1(6)7/h4-6H,1,3,9H2;(H,6,7)/t4-,5-,6-;/m1./s1. The molecule has 19 heavy (non-hydrogen) atoms. The predicted molar refractivity (Wildman–Crippen MR) is 58.8 cm³/mol. The lowest BCUT2D eigenvalue weighted by molar-refractivity contribution is -0.192. The average Bonchev–Trinajstić information content (AvgIpc) is 2.80. The van der Waals surface area contributed by atoms with Crippen LogP contribution in [0.1, 0.15) is 6.42 Å². The van der Waals surface area contributed by atoms with Crippen LogP contribution in [0.25, 0.3) is 0 Å². The molecule has 2 rings (SSSR count). The molecule has 0 aromatic heterocycles. The highest BCUT2D eigenvalue weighted by atomic mass is 32.2. The van der Waals surface area contributed by atoms with Crippen LogP contribution in [-0.2, 0) is 9.59 Å². The summed E-state index contributed by atoms with van der Waals surface area (Å²) >= 11 is 1.66. The first-order valence-corrected chi connectivity index (χ1v) is 6.12. The van der Waals surface area contributed by atoms with Crippen molar-refractivity contribution in [2.24, 2.45) is 5.73 Å². The number of nitrogens with zero attached hydrogens (tertiary/aromatic N) is 2. The molecule has 0 unspecified atom stereocenters. The van der Waals surface area contributed by atoms with Crippen molar-refractivity contribution in [1.82, 2.24) is 4.90 Å². The molecule has 3 N–H and O–H groups in total. The van der Waals surface area contributed by atoms with Crippen LogP contribution in [0.15, 0.2) is 0 Å². The monoisotopic (exact) mass is 297 g/mol. The van der Waals surface area contributed by atoms with Gasteiger partial charge < -0.3 is 15.7 Å². The summed E-state index contributed by atoms with van der Waals surface area (Å²) in [5.41, 5.74) is 5.57. The van der Waals surface area contributed by atoms with Gasteiger partial charge in [-0.1, -0.05) is 0 Å². The van der Waals surface area contributed by atoms with E-state index in [2.05, 4.69) is 6.07 Å². The lowest BCUT2D eigenvalue weighted by Crippen LogP contribution is -2.39. The summed E-state index contributed by atoms with van der Waals surface area (Å²) < 4.78 is 31.7. The number of amides is 1. The van der Waals surface area contributed by atoms with E-state index >= 15 is 0 Å². The zero-order chi connectivity index (χ0) is 14.8. The van der Waals surface area contributed by atoms with Gasteiger partial charge in [0.15, 0.2) is 0 Å². The van der Waals surface area contributed by atoms with Gasteiger partial charge in [0.2, 0.25) is 5.91 Å². The quantitative estimate of drug-likeness (QED) is 0.658. The van der Waals surface area contributed by atoms with Crippen LogP contribution in [0, 0.1) is 11.3 Å². The number of halogens is 3. The normalized spacial score (nSPS) is 29.3. The van der Waals surface area contributed by atoms with Gasteiger partial charge in [-0.25, -0.2) is 4.79 Å². The number of carboxylic acids is 1. The highest BCUT2D eigenvalue weighted by Crippen LogP contribution is 2.36. The van der Waals surface area contributed by atoms with Gasteiger partial charge in [-0.3, -0.25) is 4.79 Å². The molecule has 2 aliphatic heterocycles. The lowest BCUT2D eigenvalue weighted by atomic mass is 10.3. The third-order valence-electron chi connectivity index (χ3n) is 2.51. The van der Waals surface area contributed by atoms with Crippen LogP contribution in [0.4, 0.5) is 13.2 Å². The fourth-order valence-electron chi connectivity index (χ4n) is 1.65. The predicted octanol–water partition coefficient (Wildman–Crippen LogP) is 0.144. The molecule has 106 valence electrons. The van der Waals surface area contributed by atoms with Gasteiger partial charge in [-0.05, 0) is 0 Å². The largest absolute Gasteiger partial charge is 0.490 e.